The van der Waals surface area contributed by atoms with Crippen molar-refractivity contribution in [3.8, 4) is 66.8 Å². The molecule has 0 aromatic heterocycles. The van der Waals surface area contributed by atoms with Crippen molar-refractivity contribution in [3.05, 3.63) is 266 Å². The topological polar surface area (TPSA) is 0 Å². The zero-order valence-electron chi connectivity index (χ0n) is 36.4. The van der Waals surface area contributed by atoms with Crippen LogP contribution in [0.25, 0.3) is 122 Å². The molecule has 0 unspecified atom stereocenters. The Hall–Kier alpha value is -8.58. The Kier molecular flexibility index (Phi) is 9.97. The Morgan fingerprint density at radius 2 is 0.455 bits per heavy atom. The van der Waals surface area contributed by atoms with E-state index in [0.717, 1.165) is 11.1 Å². The second kappa shape index (κ2) is 16.8. The van der Waals surface area contributed by atoms with Crippen molar-refractivity contribution >= 4 is 55.2 Å². The molecule has 0 saturated heterocycles. The Balaban J connectivity index is 0.820. The van der Waals surface area contributed by atoms with E-state index in [2.05, 4.69) is 267 Å². The molecule has 0 radical (unpaired) electrons. The molecule has 12 aromatic rings. The van der Waals surface area contributed by atoms with Crippen LogP contribution in [0, 0.1) is 0 Å². The van der Waals surface area contributed by atoms with Crippen LogP contribution >= 0.6 is 0 Å². The maximum atomic E-state index is 2.36. The van der Waals surface area contributed by atoms with Crippen molar-refractivity contribution < 1.29 is 0 Å². The molecule has 0 N–H and O–H groups in total. The van der Waals surface area contributed by atoms with E-state index in [1.54, 1.807) is 0 Å². The predicted molar refractivity (Wildman–Crippen MR) is 284 cm³/mol. The Bertz CT molecular complexity index is 3650. The molecule has 0 amide bonds. The number of fused-ring (bicyclic) bond motifs is 4. The van der Waals surface area contributed by atoms with Crippen molar-refractivity contribution in [1.82, 2.24) is 0 Å². The highest BCUT2D eigenvalue weighted by Crippen LogP contribution is 2.46. The summed E-state index contributed by atoms with van der Waals surface area (Å²) in [6.45, 7) is 0. The van der Waals surface area contributed by atoms with Crippen LogP contribution in [0.2, 0.25) is 0 Å². The summed E-state index contributed by atoms with van der Waals surface area (Å²) in [4.78, 5) is 0. The fourth-order valence-electron chi connectivity index (χ4n) is 10.2. The largest absolute Gasteiger partial charge is 0.0622 e. The van der Waals surface area contributed by atoms with Gasteiger partial charge in [0.2, 0.25) is 0 Å². The molecule has 0 spiro atoms. The van der Waals surface area contributed by atoms with Gasteiger partial charge in [0.25, 0.3) is 0 Å². The van der Waals surface area contributed by atoms with Gasteiger partial charge in [-0.15, -0.1) is 0 Å². The van der Waals surface area contributed by atoms with Crippen molar-refractivity contribution in [3.63, 3.8) is 0 Å². The van der Waals surface area contributed by atoms with Gasteiger partial charge in [-0.2, -0.15) is 0 Å². The zero-order valence-corrected chi connectivity index (χ0v) is 36.4. The van der Waals surface area contributed by atoms with E-state index < -0.39 is 0 Å². The summed E-state index contributed by atoms with van der Waals surface area (Å²) >= 11 is 0. The number of rotatable bonds is 8. The summed E-state index contributed by atoms with van der Waals surface area (Å²) in [6, 6.07) is 92.9. The quantitative estimate of drug-likeness (QED) is 0.106. The van der Waals surface area contributed by atoms with E-state index >= 15 is 0 Å². The van der Waals surface area contributed by atoms with E-state index in [1.807, 2.05) is 0 Å². The summed E-state index contributed by atoms with van der Waals surface area (Å²) in [5.74, 6) is 0. The third-order valence-electron chi connectivity index (χ3n) is 13.2. The molecule has 0 bridgehead atoms. The first-order chi connectivity index (χ1) is 32.7. The number of benzene rings is 12. The molecule has 308 valence electrons. The third kappa shape index (κ3) is 7.06. The molecule has 0 aliphatic rings. The summed E-state index contributed by atoms with van der Waals surface area (Å²) in [5, 5.41) is 10.1. The van der Waals surface area contributed by atoms with E-state index in [4.69, 9.17) is 0 Å². The highest BCUT2D eigenvalue weighted by Gasteiger charge is 2.18. The SMILES string of the molecule is C(=Cc1cccc(-c2cccc(-c3c4ccccc4c(-c4ccccc4)c4ccccc34)c2)c1)c1ccc(-c2ccc(-c3c4ccccc4c(-c4ccccc4)c4ccccc34)cc2)cc1. The average Bonchev–Trinajstić information content (AvgIpc) is 3.39. The summed E-state index contributed by atoms with van der Waals surface area (Å²) in [5.41, 5.74) is 17.2. The van der Waals surface area contributed by atoms with E-state index in [1.165, 1.54) is 110 Å². The number of hydrogen-bond acceptors (Lipinski definition) is 0. The second-order valence-corrected chi connectivity index (χ2v) is 17.2. The molecule has 12 rings (SSSR count). The average molecular weight is 837 g/mol. The van der Waals surface area contributed by atoms with Gasteiger partial charge in [0, 0.05) is 0 Å². The highest BCUT2D eigenvalue weighted by atomic mass is 14.2. The summed E-state index contributed by atoms with van der Waals surface area (Å²) in [6.07, 6.45) is 4.43. The minimum Gasteiger partial charge on any atom is -0.0622 e. The third-order valence-corrected chi connectivity index (χ3v) is 13.2. The Morgan fingerprint density at radius 1 is 0.167 bits per heavy atom. The summed E-state index contributed by atoms with van der Waals surface area (Å²) < 4.78 is 0. The first kappa shape index (κ1) is 39.0. The van der Waals surface area contributed by atoms with Crippen molar-refractivity contribution in [1.29, 1.82) is 0 Å². The van der Waals surface area contributed by atoms with Crippen LogP contribution in [0.4, 0.5) is 0 Å². The van der Waals surface area contributed by atoms with Gasteiger partial charge in [0.15, 0.2) is 0 Å². The Labute approximate surface area is 386 Å². The monoisotopic (exact) mass is 836 g/mol. The molecule has 0 aliphatic carbocycles. The number of hydrogen-bond donors (Lipinski definition) is 0. The van der Waals surface area contributed by atoms with Crippen LogP contribution in [0.1, 0.15) is 11.1 Å². The fraction of sp³-hybridized carbons (Fsp3) is 0. The van der Waals surface area contributed by atoms with E-state index in [-0.39, 0.29) is 0 Å². The lowest BCUT2D eigenvalue weighted by Gasteiger charge is -2.18. The molecule has 0 saturated carbocycles. The summed E-state index contributed by atoms with van der Waals surface area (Å²) in [7, 11) is 0. The van der Waals surface area contributed by atoms with Gasteiger partial charge in [-0.3, -0.25) is 0 Å². The molecule has 66 heavy (non-hydrogen) atoms. The van der Waals surface area contributed by atoms with Crippen LogP contribution in [-0.2, 0) is 0 Å². The lowest BCUT2D eigenvalue weighted by Crippen LogP contribution is -1.91. The van der Waals surface area contributed by atoms with Crippen molar-refractivity contribution in [2.75, 3.05) is 0 Å². The lowest BCUT2D eigenvalue weighted by atomic mass is 9.85. The standard InChI is InChI=1S/C66H44/c1-3-18-49(19-4-1)63-55-25-7-9-27-57(55)65(58-28-10-8-26-56(58)63)51-41-39-48(40-42-51)47-37-35-45(36-38-47)33-34-46-17-15-22-52(43-46)53-23-16-24-54(44-53)66-61-31-13-11-29-59(61)64(50-20-5-2-6-21-50)60-30-12-14-32-62(60)66/h1-44H. The normalized spacial score (nSPS) is 11.6. The van der Waals surface area contributed by atoms with E-state index in [0.29, 0.717) is 0 Å². The smallest absolute Gasteiger partial charge is 0.00262 e. The van der Waals surface area contributed by atoms with Crippen molar-refractivity contribution in [2.45, 2.75) is 0 Å². The predicted octanol–water partition coefficient (Wildman–Crippen LogP) is 18.5. The van der Waals surface area contributed by atoms with Gasteiger partial charge >= 0.3 is 0 Å². The molecular formula is C66H44. The van der Waals surface area contributed by atoms with Crippen LogP contribution in [0.5, 0.6) is 0 Å². The molecule has 0 atom stereocenters. The fourth-order valence-corrected chi connectivity index (χ4v) is 10.2. The minimum absolute atomic E-state index is 1.16. The molecule has 0 nitrogen and oxygen atoms in total. The van der Waals surface area contributed by atoms with Gasteiger partial charge in [-0.25, -0.2) is 0 Å². The van der Waals surface area contributed by atoms with Gasteiger partial charge in [0.05, 0.1) is 0 Å². The van der Waals surface area contributed by atoms with Gasteiger partial charge in [-0.1, -0.05) is 255 Å². The first-order valence-corrected chi connectivity index (χ1v) is 22.8. The lowest BCUT2D eigenvalue weighted by molar-refractivity contribution is 1.58. The molecule has 0 aliphatic heterocycles. The van der Waals surface area contributed by atoms with Gasteiger partial charge < -0.3 is 0 Å². The van der Waals surface area contributed by atoms with Crippen LogP contribution < -0.4 is 0 Å². The van der Waals surface area contributed by atoms with Gasteiger partial charge in [-0.05, 0) is 133 Å². The first-order valence-electron chi connectivity index (χ1n) is 22.8. The van der Waals surface area contributed by atoms with E-state index in [9.17, 15) is 0 Å². The molecular weight excluding hydrogens is 793 g/mol. The molecule has 0 fully saturated rings. The zero-order chi connectivity index (χ0) is 43.8. The highest BCUT2D eigenvalue weighted by molar-refractivity contribution is 6.22. The maximum Gasteiger partial charge on any atom is -0.00262 e. The van der Waals surface area contributed by atoms with Gasteiger partial charge in [0.1, 0.15) is 0 Å². The van der Waals surface area contributed by atoms with Crippen LogP contribution in [0.3, 0.4) is 0 Å². The molecule has 12 aromatic carbocycles. The molecule has 0 heterocycles. The Morgan fingerprint density at radius 3 is 0.894 bits per heavy atom. The minimum atomic E-state index is 1.16. The van der Waals surface area contributed by atoms with Crippen molar-refractivity contribution in [2.24, 2.45) is 0 Å². The second-order valence-electron chi connectivity index (χ2n) is 17.2. The van der Waals surface area contributed by atoms with Crippen LogP contribution in [-0.4, -0.2) is 0 Å². The van der Waals surface area contributed by atoms with Crippen LogP contribution in [0.15, 0.2) is 255 Å². The molecule has 0 heteroatoms. The maximum absolute atomic E-state index is 2.36.